The van der Waals surface area contributed by atoms with Gasteiger partial charge in [-0.25, -0.2) is 0 Å². The molecule has 3 N–H and O–H groups in total. The summed E-state index contributed by atoms with van der Waals surface area (Å²) in [7, 11) is 0. The number of nitrogens with one attached hydrogen (secondary N) is 1. The molecular weight excluding hydrogens is 236 g/mol. The second-order valence-corrected chi connectivity index (χ2v) is 5.38. The second-order valence-electron chi connectivity index (χ2n) is 5.38. The molecule has 1 aromatic carbocycles. The van der Waals surface area contributed by atoms with E-state index in [1.54, 1.807) is 0 Å². The fraction of sp³-hybridized carbons (Fsp3) is 0.625. The Kier molecular flexibility index (Phi) is 5.83. The van der Waals surface area contributed by atoms with Crippen molar-refractivity contribution in [2.24, 2.45) is 5.84 Å². The summed E-state index contributed by atoms with van der Waals surface area (Å²) in [6, 6.07) is 8.91. The van der Waals surface area contributed by atoms with Gasteiger partial charge in [0.1, 0.15) is 0 Å². The summed E-state index contributed by atoms with van der Waals surface area (Å²) in [4.78, 5) is 0. The fourth-order valence-corrected chi connectivity index (χ4v) is 2.70. The second kappa shape index (κ2) is 7.63. The van der Waals surface area contributed by atoms with Gasteiger partial charge in [-0.05, 0) is 42.7 Å². The number of benzene rings is 1. The Labute approximate surface area is 116 Å². The largest absolute Gasteiger partial charge is 0.381 e. The molecule has 1 unspecified atom stereocenters. The highest BCUT2D eigenvalue weighted by atomic mass is 16.5. The van der Waals surface area contributed by atoms with Crippen LogP contribution < -0.4 is 11.3 Å². The Morgan fingerprint density at radius 2 is 2.11 bits per heavy atom. The first-order valence-electron chi connectivity index (χ1n) is 7.49. The molecule has 0 bridgehead atoms. The Bertz CT molecular complexity index is 377. The van der Waals surface area contributed by atoms with Crippen LogP contribution in [0.3, 0.4) is 0 Å². The number of rotatable bonds is 8. The number of hydrogen-bond acceptors (Lipinski definition) is 3. The third-order valence-corrected chi connectivity index (χ3v) is 4.02. The number of hydrazine groups is 1. The molecule has 106 valence electrons. The first-order valence-corrected chi connectivity index (χ1v) is 7.49. The Hall–Kier alpha value is -0.900. The van der Waals surface area contributed by atoms with Gasteiger partial charge in [-0.3, -0.25) is 11.3 Å². The number of ether oxygens (including phenoxy) is 1. The molecule has 1 aliphatic rings. The van der Waals surface area contributed by atoms with Gasteiger partial charge in [0.25, 0.3) is 0 Å². The van der Waals surface area contributed by atoms with Crippen molar-refractivity contribution in [3.8, 4) is 0 Å². The van der Waals surface area contributed by atoms with Gasteiger partial charge >= 0.3 is 0 Å². The molecule has 1 saturated carbocycles. The molecule has 0 aliphatic heterocycles. The van der Waals surface area contributed by atoms with E-state index in [1.165, 1.54) is 30.4 Å². The summed E-state index contributed by atoms with van der Waals surface area (Å²) in [6.07, 6.45) is 6.00. The van der Waals surface area contributed by atoms with Gasteiger partial charge in [0, 0.05) is 19.3 Å². The maximum absolute atomic E-state index is 5.74. The lowest BCUT2D eigenvalue weighted by Gasteiger charge is -2.30. The molecule has 0 heterocycles. The van der Waals surface area contributed by atoms with Crippen LogP contribution in [0.15, 0.2) is 24.3 Å². The Balaban J connectivity index is 2.00. The predicted molar refractivity (Wildman–Crippen MR) is 78.8 cm³/mol. The standard InChI is InChI=1S/C16H26N2O/c1-2-11-19-12-10-16(18-17)15-9-4-3-8-14(15)13-6-5-7-13/h3-4,8-9,13,16,18H,2,5-7,10-12,17H2,1H3. The minimum atomic E-state index is 0.202. The van der Waals surface area contributed by atoms with E-state index >= 15 is 0 Å². The van der Waals surface area contributed by atoms with Crippen molar-refractivity contribution < 1.29 is 4.74 Å². The summed E-state index contributed by atoms with van der Waals surface area (Å²) < 4.78 is 5.58. The lowest BCUT2D eigenvalue weighted by atomic mass is 9.77. The fourth-order valence-electron chi connectivity index (χ4n) is 2.70. The van der Waals surface area contributed by atoms with Gasteiger partial charge in [0.05, 0.1) is 0 Å². The van der Waals surface area contributed by atoms with Crippen LogP contribution >= 0.6 is 0 Å². The highest BCUT2D eigenvalue weighted by Crippen LogP contribution is 2.39. The molecule has 3 heteroatoms. The van der Waals surface area contributed by atoms with Crippen LogP contribution in [0.2, 0.25) is 0 Å². The molecule has 0 aromatic heterocycles. The van der Waals surface area contributed by atoms with Crippen LogP contribution in [0.5, 0.6) is 0 Å². The predicted octanol–water partition coefficient (Wildman–Crippen LogP) is 3.28. The Morgan fingerprint density at radius 3 is 2.74 bits per heavy atom. The van der Waals surface area contributed by atoms with E-state index in [0.717, 1.165) is 32.0 Å². The Morgan fingerprint density at radius 1 is 1.32 bits per heavy atom. The summed E-state index contributed by atoms with van der Waals surface area (Å²) in [5, 5.41) is 0. The van der Waals surface area contributed by atoms with Crippen LogP contribution in [0.1, 0.15) is 62.1 Å². The molecule has 1 fully saturated rings. The quantitative estimate of drug-likeness (QED) is 0.429. The maximum Gasteiger partial charge on any atom is 0.0484 e. The zero-order valence-corrected chi connectivity index (χ0v) is 11.9. The van der Waals surface area contributed by atoms with Crippen LogP contribution in [-0.4, -0.2) is 13.2 Å². The van der Waals surface area contributed by atoms with Crippen LogP contribution in [-0.2, 0) is 4.74 Å². The normalized spacial score (nSPS) is 17.2. The maximum atomic E-state index is 5.74. The lowest BCUT2D eigenvalue weighted by molar-refractivity contribution is 0.124. The molecule has 0 radical (unpaired) electrons. The molecule has 3 nitrogen and oxygen atoms in total. The third kappa shape index (κ3) is 3.78. The molecule has 0 spiro atoms. The summed E-state index contributed by atoms with van der Waals surface area (Å²) in [5.74, 6) is 6.48. The van der Waals surface area contributed by atoms with E-state index in [4.69, 9.17) is 10.6 Å². The first-order chi connectivity index (χ1) is 9.36. The SMILES string of the molecule is CCCOCCC(NN)c1ccccc1C1CCC1. The number of hydrogen-bond donors (Lipinski definition) is 2. The van der Waals surface area contributed by atoms with Crippen molar-refractivity contribution in [2.75, 3.05) is 13.2 Å². The molecule has 19 heavy (non-hydrogen) atoms. The zero-order chi connectivity index (χ0) is 13.5. The number of nitrogens with two attached hydrogens (primary N) is 1. The van der Waals surface area contributed by atoms with E-state index in [1.807, 2.05) is 0 Å². The van der Waals surface area contributed by atoms with E-state index in [-0.39, 0.29) is 6.04 Å². The minimum absolute atomic E-state index is 0.202. The smallest absolute Gasteiger partial charge is 0.0484 e. The molecule has 1 aromatic rings. The summed E-state index contributed by atoms with van der Waals surface area (Å²) in [5.41, 5.74) is 5.79. The van der Waals surface area contributed by atoms with E-state index < -0.39 is 0 Å². The van der Waals surface area contributed by atoms with Crippen LogP contribution in [0.25, 0.3) is 0 Å². The lowest BCUT2D eigenvalue weighted by Crippen LogP contribution is -2.30. The summed E-state index contributed by atoms with van der Waals surface area (Å²) >= 11 is 0. The van der Waals surface area contributed by atoms with Crippen LogP contribution in [0, 0.1) is 0 Å². The zero-order valence-electron chi connectivity index (χ0n) is 11.9. The third-order valence-electron chi connectivity index (χ3n) is 4.02. The molecule has 0 amide bonds. The van der Waals surface area contributed by atoms with Crippen molar-refractivity contribution in [1.82, 2.24) is 5.43 Å². The van der Waals surface area contributed by atoms with E-state index in [9.17, 15) is 0 Å². The van der Waals surface area contributed by atoms with Gasteiger partial charge in [-0.15, -0.1) is 0 Å². The monoisotopic (exact) mass is 262 g/mol. The average Bonchev–Trinajstić information content (AvgIpc) is 2.38. The van der Waals surface area contributed by atoms with Crippen molar-refractivity contribution in [3.05, 3.63) is 35.4 Å². The van der Waals surface area contributed by atoms with Gasteiger partial charge in [-0.2, -0.15) is 0 Å². The molecule has 0 saturated heterocycles. The van der Waals surface area contributed by atoms with Crippen molar-refractivity contribution in [1.29, 1.82) is 0 Å². The highest BCUT2D eigenvalue weighted by molar-refractivity contribution is 5.34. The van der Waals surface area contributed by atoms with Crippen molar-refractivity contribution >= 4 is 0 Å². The van der Waals surface area contributed by atoms with E-state index in [0.29, 0.717) is 0 Å². The molecule has 2 rings (SSSR count). The van der Waals surface area contributed by atoms with E-state index in [2.05, 4.69) is 36.6 Å². The molecule has 1 aliphatic carbocycles. The molecular formula is C16H26N2O. The van der Waals surface area contributed by atoms with Gasteiger partial charge in [0.2, 0.25) is 0 Å². The first kappa shape index (κ1) is 14.5. The highest BCUT2D eigenvalue weighted by Gasteiger charge is 2.24. The minimum Gasteiger partial charge on any atom is -0.381 e. The topological polar surface area (TPSA) is 47.3 Å². The van der Waals surface area contributed by atoms with Crippen LogP contribution in [0.4, 0.5) is 0 Å². The van der Waals surface area contributed by atoms with Gasteiger partial charge in [-0.1, -0.05) is 37.6 Å². The average molecular weight is 262 g/mol. The van der Waals surface area contributed by atoms with Crippen molar-refractivity contribution in [2.45, 2.75) is 51.0 Å². The van der Waals surface area contributed by atoms with Gasteiger partial charge in [0.15, 0.2) is 0 Å². The van der Waals surface area contributed by atoms with Crippen molar-refractivity contribution in [3.63, 3.8) is 0 Å². The summed E-state index contributed by atoms with van der Waals surface area (Å²) in [6.45, 7) is 3.73. The van der Waals surface area contributed by atoms with Gasteiger partial charge < -0.3 is 4.74 Å². The molecule has 1 atom stereocenters.